The highest BCUT2D eigenvalue weighted by Gasteiger charge is 2.32. The second-order valence-electron chi connectivity index (χ2n) is 5.83. The number of hydrogen-bond acceptors (Lipinski definition) is 4. The van der Waals surface area contributed by atoms with Crippen LogP contribution in [0.3, 0.4) is 0 Å². The molecule has 1 amide bonds. The van der Waals surface area contributed by atoms with Gasteiger partial charge in [0.15, 0.2) is 0 Å². The van der Waals surface area contributed by atoms with Crippen LogP contribution in [0.1, 0.15) is 10.4 Å². The van der Waals surface area contributed by atoms with Gasteiger partial charge >= 0.3 is 0 Å². The Labute approximate surface area is 135 Å². The molecule has 3 atom stereocenters. The summed E-state index contributed by atoms with van der Waals surface area (Å²) in [7, 11) is 1.55. The summed E-state index contributed by atoms with van der Waals surface area (Å²) >= 11 is 0. The summed E-state index contributed by atoms with van der Waals surface area (Å²) in [6.45, 7) is 1.15. The predicted molar refractivity (Wildman–Crippen MR) is 87.4 cm³/mol. The van der Waals surface area contributed by atoms with Gasteiger partial charge in [0.1, 0.15) is 6.10 Å². The van der Waals surface area contributed by atoms with Gasteiger partial charge in [-0.25, -0.2) is 0 Å². The van der Waals surface area contributed by atoms with Crippen molar-refractivity contribution in [1.29, 1.82) is 0 Å². The lowest BCUT2D eigenvalue weighted by molar-refractivity contribution is -0.132. The van der Waals surface area contributed by atoms with Crippen LogP contribution >= 0.6 is 0 Å². The molecule has 5 nitrogen and oxygen atoms in total. The topological polar surface area (TPSA) is 67.8 Å². The lowest BCUT2D eigenvalue weighted by Gasteiger charge is -2.33. The Morgan fingerprint density at radius 2 is 2.04 bits per heavy atom. The molecule has 3 rings (SSSR count). The fourth-order valence-corrected chi connectivity index (χ4v) is 2.88. The van der Waals surface area contributed by atoms with Crippen LogP contribution in [0.2, 0.25) is 0 Å². The quantitative estimate of drug-likeness (QED) is 0.899. The van der Waals surface area contributed by atoms with E-state index in [-0.39, 0.29) is 17.9 Å². The highest BCUT2D eigenvalue weighted by atomic mass is 16.5. The molecular formula is C18H21NO4. The highest BCUT2D eigenvalue weighted by molar-refractivity contribution is 5.98. The van der Waals surface area contributed by atoms with Crippen molar-refractivity contribution in [3.8, 4) is 0 Å². The van der Waals surface area contributed by atoms with Gasteiger partial charge in [-0.05, 0) is 22.9 Å². The van der Waals surface area contributed by atoms with Crippen molar-refractivity contribution in [1.82, 2.24) is 5.32 Å². The van der Waals surface area contributed by atoms with Crippen molar-refractivity contribution in [2.75, 3.05) is 26.9 Å². The predicted octanol–water partition coefficient (Wildman–Crippen LogP) is 1.59. The van der Waals surface area contributed by atoms with Crippen LogP contribution in [0, 0.1) is 5.92 Å². The third-order valence-corrected chi connectivity index (χ3v) is 4.32. The monoisotopic (exact) mass is 315 g/mol. The molecule has 1 fully saturated rings. The summed E-state index contributed by atoms with van der Waals surface area (Å²) < 4.78 is 10.6. The molecule has 2 N–H and O–H groups in total. The number of aliphatic hydroxyl groups excluding tert-OH is 1. The molecule has 0 spiro atoms. The van der Waals surface area contributed by atoms with E-state index in [0.29, 0.717) is 25.3 Å². The van der Waals surface area contributed by atoms with Gasteiger partial charge in [0.2, 0.25) is 0 Å². The Morgan fingerprint density at radius 3 is 2.83 bits per heavy atom. The van der Waals surface area contributed by atoms with Gasteiger partial charge in [0, 0.05) is 25.1 Å². The number of hydrogen-bond donors (Lipinski definition) is 2. The average molecular weight is 315 g/mol. The minimum absolute atomic E-state index is 0.150. The summed E-state index contributed by atoms with van der Waals surface area (Å²) in [5.41, 5.74) is 0.609. The van der Waals surface area contributed by atoms with Gasteiger partial charge in [0.05, 0.1) is 19.3 Å². The zero-order valence-electron chi connectivity index (χ0n) is 13.1. The van der Waals surface area contributed by atoms with E-state index in [1.807, 2.05) is 42.5 Å². The van der Waals surface area contributed by atoms with Crippen molar-refractivity contribution in [3.63, 3.8) is 0 Å². The minimum atomic E-state index is -0.634. The molecule has 1 heterocycles. The molecule has 0 aromatic heterocycles. The van der Waals surface area contributed by atoms with Crippen LogP contribution < -0.4 is 5.32 Å². The molecule has 2 aromatic carbocycles. The van der Waals surface area contributed by atoms with E-state index in [1.54, 1.807) is 7.11 Å². The van der Waals surface area contributed by atoms with Gasteiger partial charge in [0.25, 0.3) is 5.91 Å². The Morgan fingerprint density at radius 1 is 1.26 bits per heavy atom. The van der Waals surface area contributed by atoms with Gasteiger partial charge in [-0.1, -0.05) is 30.3 Å². The van der Waals surface area contributed by atoms with Gasteiger partial charge < -0.3 is 19.9 Å². The molecule has 0 aliphatic carbocycles. The van der Waals surface area contributed by atoms with E-state index >= 15 is 0 Å². The number of carbonyl (C=O) groups excluding carboxylic acids is 1. The number of rotatable bonds is 4. The van der Waals surface area contributed by atoms with Crippen LogP contribution in [0.5, 0.6) is 0 Å². The van der Waals surface area contributed by atoms with Crippen LogP contribution in [-0.4, -0.2) is 50.1 Å². The molecule has 122 valence electrons. The molecule has 0 unspecified atom stereocenters. The van der Waals surface area contributed by atoms with E-state index in [2.05, 4.69) is 5.32 Å². The Bertz CT molecular complexity index is 688. The van der Waals surface area contributed by atoms with E-state index in [4.69, 9.17) is 9.47 Å². The number of methoxy groups -OCH3 is 1. The van der Waals surface area contributed by atoms with Gasteiger partial charge in [-0.2, -0.15) is 0 Å². The van der Waals surface area contributed by atoms with E-state index < -0.39 is 6.10 Å². The fourth-order valence-electron chi connectivity index (χ4n) is 2.88. The standard InChI is InChI=1S/C18H21NO4/c1-22-16-11-23-10-15(17(16)20)9-19-18(21)14-7-6-12-4-2-3-5-13(12)8-14/h2-8,15-17,20H,9-11H2,1H3,(H,19,21)/t15-,16-,17+/m1/s1. The van der Waals surface area contributed by atoms with E-state index in [9.17, 15) is 9.90 Å². The van der Waals surface area contributed by atoms with E-state index in [0.717, 1.165) is 10.8 Å². The first-order valence-corrected chi connectivity index (χ1v) is 7.74. The first-order chi connectivity index (χ1) is 11.2. The molecule has 23 heavy (non-hydrogen) atoms. The third-order valence-electron chi connectivity index (χ3n) is 4.32. The molecule has 1 saturated heterocycles. The van der Waals surface area contributed by atoms with Crippen molar-refractivity contribution < 1.29 is 19.4 Å². The van der Waals surface area contributed by atoms with Gasteiger partial charge in [-0.3, -0.25) is 4.79 Å². The van der Waals surface area contributed by atoms with Crippen molar-refractivity contribution in [2.24, 2.45) is 5.92 Å². The average Bonchev–Trinajstić information content (AvgIpc) is 2.60. The molecular weight excluding hydrogens is 294 g/mol. The molecule has 2 aromatic rings. The lowest BCUT2D eigenvalue weighted by Crippen LogP contribution is -2.49. The molecule has 0 radical (unpaired) electrons. The number of fused-ring (bicyclic) bond motifs is 1. The number of aliphatic hydroxyl groups is 1. The largest absolute Gasteiger partial charge is 0.390 e. The fraction of sp³-hybridized carbons (Fsp3) is 0.389. The summed E-state index contributed by atoms with van der Waals surface area (Å²) in [5, 5.41) is 15.2. The Kier molecular flexibility index (Phi) is 4.91. The first kappa shape index (κ1) is 15.9. The summed E-state index contributed by atoms with van der Waals surface area (Å²) in [6, 6.07) is 13.5. The Hall–Kier alpha value is -1.95. The summed E-state index contributed by atoms with van der Waals surface area (Å²) in [6.07, 6.45) is -0.975. The minimum Gasteiger partial charge on any atom is -0.390 e. The van der Waals surface area contributed by atoms with Crippen LogP contribution in [0.25, 0.3) is 10.8 Å². The smallest absolute Gasteiger partial charge is 0.251 e. The lowest BCUT2D eigenvalue weighted by atomic mass is 9.96. The summed E-state index contributed by atoms with van der Waals surface area (Å²) in [4.78, 5) is 12.3. The molecule has 1 aliphatic rings. The molecule has 0 saturated carbocycles. The molecule has 0 bridgehead atoms. The normalized spacial score (nSPS) is 24.5. The first-order valence-electron chi connectivity index (χ1n) is 7.74. The number of ether oxygens (including phenoxy) is 2. The van der Waals surface area contributed by atoms with Crippen LogP contribution in [0.15, 0.2) is 42.5 Å². The second kappa shape index (κ2) is 7.08. The third kappa shape index (κ3) is 3.52. The maximum atomic E-state index is 12.3. The van der Waals surface area contributed by atoms with Crippen LogP contribution in [-0.2, 0) is 9.47 Å². The van der Waals surface area contributed by atoms with Crippen molar-refractivity contribution in [2.45, 2.75) is 12.2 Å². The van der Waals surface area contributed by atoms with E-state index in [1.165, 1.54) is 0 Å². The Balaban J connectivity index is 1.64. The van der Waals surface area contributed by atoms with Crippen molar-refractivity contribution in [3.05, 3.63) is 48.0 Å². The number of benzene rings is 2. The number of amides is 1. The highest BCUT2D eigenvalue weighted by Crippen LogP contribution is 2.18. The molecule has 5 heteroatoms. The maximum absolute atomic E-state index is 12.3. The molecule has 1 aliphatic heterocycles. The van der Waals surface area contributed by atoms with Crippen molar-refractivity contribution >= 4 is 16.7 Å². The zero-order valence-corrected chi connectivity index (χ0v) is 13.1. The SMILES string of the molecule is CO[C@@H]1COC[C@@H](CNC(=O)c2ccc3ccccc3c2)[C@@H]1O. The van der Waals surface area contributed by atoms with Crippen LogP contribution in [0.4, 0.5) is 0 Å². The number of carbonyl (C=O) groups is 1. The zero-order chi connectivity index (χ0) is 16.2. The second-order valence-corrected chi connectivity index (χ2v) is 5.83. The maximum Gasteiger partial charge on any atom is 0.251 e. The van der Waals surface area contributed by atoms with Gasteiger partial charge in [-0.15, -0.1) is 0 Å². The summed E-state index contributed by atoms with van der Waals surface area (Å²) in [5.74, 6) is -0.319. The number of nitrogens with one attached hydrogen (secondary N) is 1.